The van der Waals surface area contributed by atoms with Gasteiger partial charge in [0.15, 0.2) is 5.65 Å². The minimum atomic E-state index is 0.529. The summed E-state index contributed by atoms with van der Waals surface area (Å²) in [5, 5.41) is 5.18. The molecule has 0 amide bonds. The van der Waals surface area contributed by atoms with Crippen molar-refractivity contribution in [3.05, 3.63) is 36.5 Å². The maximum absolute atomic E-state index is 5.34. The van der Waals surface area contributed by atoms with Crippen LogP contribution in [0.3, 0.4) is 0 Å². The van der Waals surface area contributed by atoms with Gasteiger partial charge in [-0.1, -0.05) is 18.2 Å². The Morgan fingerprint density at radius 3 is 2.50 bits per heavy atom. The molecule has 0 aliphatic rings. The predicted octanol–water partition coefficient (Wildman–Crippen LogP) is 1.89. The Morgan fingerprint density at radius 1 is 1.10 bits per heavy atom. The van der Waals surface area contributed by atoms with Gasteiger partial charge in [-0.3, -0.25) is 0 Å². The van der Waals surface area contributed by atoms with E-state index in [1.165, 1.54) is 0 Å². The summed E-state index contributed by atoms with van der Waals surface area (Å²) in [4.78, 5) is 10.8. The molecule has 3 rings (SSSR count). The van der Waals surface area contributed by atoms with Gasteiger partial charge in [-0.15, -0.1) is 0 Å². The molecule has 0 atom stereocenters. The van der Waals surface area contributed by atoms with Gasteiger partial charge in [0.1, 0.15) is 5.39 Å². The number of benzene rings is 1. The van der Waals surface area contributed by atoms with Crippen molar-refractivity contribution >= 4 is 17.0 Å². The fraction of sp³-hybridized carbons (Fsp3) is 0.214. The van der Waals surface area contributed by atoms with Crippen molar-refractivity contribution < 1.29 is 4.74 Å². The molecule has 0 saturated carbocycles. The quantitative estimate of drug-likeness (QED) is 0.726. The van der Waals surface area contributed by atoms with Crippen LogP contribution >= 0.6 is 0 Å². The molecule has 6 heteroatoms. The van der Waals surface area contributed by atoms with Gasteiger partial charge in [0.2, 0.25) is 11.8 Å². The Labute approximate surface area is 116 Å². The lowest BCUT2D eigenvalue weighted by molar-refractivity contribution is 0.403. The molecule has 20 heavy (non-hydrogen) atoms. The van der Waals surface area contributed by atoms with E-state index in [1.54, 1.807) is 18.0 Å². The smallest absolute Gasteiger partial charge is 0.230 e. The lowest BCUT2D eigenvalue weighted by Gasteiger charge is -2.12. The molecule has 2 aromatic heterocycles. The van der Waals surface area contributed by atoms with Gasteiger partial charge in [-0.2, -0.15) is 15.1 Å². The second kappa shape index (κ2) is 4.80. The van der Waals surface area contributed by atoms with Crippen LogP contribution < -0.4 is 9.64 Å². The number of hydrogen-bond donors (Lipinski definition) is 0. The number of nitrogens with zero attached hydrogens (tertiary/aromatic N) is 5. The van der Waals surface area contributed by atoms with E-state index in [0.29, 0.717) is 11.8 Å². The number of rotatable bonds is 3. The number of anilines is 1. The normalized spacial score (nSPS) is 10.8. The first kappa shape index (κ1) is 12.4. The number of hydrogen-bond acceptors (Lipinski definition) is 5. The highest BCUT2D eigenvalue weighted by Crippen LogP contribution is 2.26. The van der Waals surface area contributed by atoms with Crippen molar-refractivity contribution in [2.45, 2.75) is 0 Å². The third-order valence-electron chi connectivity index (χ3n) is 2.98. The van der Waals surface area contributed by atoms with Gasteiger partial charge in [-0.05, 0) is 12.1 Å². The average molecular weight is 269 g/mol. The topological polar surface area (TPSA) is 56.1 Å². The monoisotopic (exact) mass is 269 g/mol. The zero-order valence-electron chi connectivity index (χ0n) is 11.6. The van der Waals surface area contributed by atoms with Crippen molar-refractivity contribution in [2.75, 3.05) is 26.1 Å². The summed E-state index contributed by atoms with van der Waals surface area (Å²) in [5.41, 5.74) is 1.68. The van der Waals surface area contributed by atoms with E-state index >= 15 is 0 Å². The maximum Gasteiger partial charge on any atom is 0.230 e. The molecule has 0 radical (unpaired) electrons. The largest absolute Gasteiger partial charge is 0.480 e. The molecule has 0 aliphatic heterocycles. The Morgan fingerprint density at radius 2 is 1.85 bits per heavy atom. The van der Waals surface area contributed by atoms with Crippen molar-refractivity contribution in [1.82, 2.24) is 19.7 Å². The summed E-state index contributed by atoms with van der Waals surface area (Å²) in [7, 11) is 5.38. The Balaban J connectivity index is 2.28. The summed E-state index contributed by atoms with van der Waals surface area (Å²) in [6.07, 6.45) is 1.72. The molecule has 6 nitrogen and oxygen atoms in total. The van der Waals surface area contributed by atoms with Crippen molar-refractivity contribution in [1.29, 1.82) is 0 Å². The van der Waals surface area contributed by atoms with Gasteiger partial charge in [0.25, 0.3) is 0 Å². The molecule has 1 aromatic carbocycles. The van der Waals surface area contributed by atoms with Crippen LogP contribution in [0, 0.1) is 0 Å². The van der Waals surface area contributed by atoms with E-state index in [9.17, 15) is 0 Å². The van der Waals surface area contributed by atoms with Gasteiger partial charge < -0.3 is 9.64 Å². The number of ether oxygens (including phenoxy) is 1. The van der Waals surface area contributed by atoms with Crippen LogP contribution in [0.1, 0.15) is 0 Å². The number of para-hydroxylation sites is 1. The molecule has 3 aromatic rings. The van der Waals surface area contributed by atoms with Gasteiger partial charge in [0, 0.05) is 14.1 Å². The van der Waals surface area contributed by atoms with E-state index in [0.717, 1.165) is 16.7 Å². The minimum absolute atomic E-state index is 0.529. The molecular formula is C14H15N5O. The van der Waals surface area contributed by atoms with Crippen LogP contribution in [0.25, 0.3) is 16.7 Å². The molecule has 102 valence electrons. The van der Waals surface area contributed by atoms with Gasteiger partial charge in [0.05, 0.1) is 19.0 Å². The zero-order valence-corrected chi connectivity index (χ0v) is 11.6. The van der Waals surface area contributed by atoms with Crippen LogP contribution in [0.5, 0.6) is 5.88 Å². The van der Waals surface area contributed by atoms with Crippen molar-refractivity contribution in [3.63, 3.8) is 0 Å². The molecular weight excluding hydrogens is 254 g/mol. The van der Waals surface area contributed by atoms with Gasteiger partial charge in [-0.25, -0.2) is 4.68 Å². The molecule has 0 saturated heterocycles. The Kier molecular flexibility index (Phi) is 2.98. The Bertz CT molecular complexity index is 736. The Hall–Kier alpha value is -2.63. The van der Waals surface area contributed by atoms with E-state index in [4.69, 9.17) is 4.74 Å². The summed E-state index contributed by atoms with van der Waals surface area (Å²) in [6, 6.07) is 9.87. The van der Waals surface area contributed by atoms with Crippen LogP contribution in [-0.4, -0.2) is 41.0 Å². The molecule has 0 fully saturated rings. The first-order valence-corrected chi connectivity index (χ1v) is 6.23. The SMILES string of the molecule is COc1nc(N(C)C)nc2c1cnn2-c1ccccc1. The summed E-state index contributed by atoms with van der Waals surface area (Å²) in [5.74, 6) is 1.12. The highest BCUT2D eigenvalue weighted by molar-refractivity contribution is 5.82. The third-order valence-corrected chi connectivity index (χ3v) is 2.98. The zero-order chi connectivity index (χ0) is 14.1. The van der Waals surface area contributed by atoms with E-state index in [2.05, 4.69) is 15.1 Å². The number of aromatic nitrogens is 4. The standard InChI is InChI=1S/C14H15N5O/c1-18(2)14-16-12-11(13(17-14)20-3)9-15-19(12)10-7-5-4-6-8-10/h4-9H,1-3H3. The second-order valence-electron chi connectivity index (χ2n) is 4.56. The molecule has 2 heterocycles. The first-order chi connectivity index (χ1) is 9.70. The molecule has 0 spiro atoms. The minimum Gasteiger partial charge on any atom is -0.480 e. The van der Waals surface area contributed by atoms with Crippen LogP contribution in [0.15, 0.2) is 36.5 Å². The van der Waals surface area contributed by atoms with Crippen LogP contribution in [0.4, 0.5) is 5.95 Å². The first-order valence-electron chi connectivity index (χ1n) is 6.23. The van der Waals surface area contributed by atoms with Crippen LogP contribution in [-0.2, 0) is 0 Å². The fourth-order valence-corrected chi connectivity index (χ4v) is 1.98. The lowest BCUT2D eigenvalue weighted by Crippen LogP contribution is -2.13. The lowest BCUT2D eigenvalue weighted by atomic mass is 10.3. The summed E-state index contributed by atoms with van der Waals surface area (Å²) >= 11 is 0. The second-order valence-corrected chi connectivity index (χ2v) is 4.56. The van der Waals surface area contributed by atoms with E-state index in [-0.39, 0.29) is 0 Å². The average Bonchev–Trinajstić information content (AvgIpc) is 2.91. The van der Waals surface area contributed by atoms with Crippen LogP contribution in [0.2, 0.25) is 0 Å². The van der Waals surface area contributed by atoms with E-state index < -0.39 is 0 Å². The van der Waals surface area contributed by atoms with E-state index in [1.807, 2.05) is 49.3 Å². The van der Waals surface area contributed by atoms with Gasteiger partial charge >= 0.3 is 0 Å². The molecule has 0 unspecified atom stereocenters. The fourth-order valence-electron chi connectivity index (χ4n) is 1.98. The third kappa shape index (κ3) is 1.95. The number of fused-ring (bicyclic) bond motifs is 1. The van der Waals surface area contributed by atoms with Crippen molar-refractivity contribution in [3.8, 4) is 11.6 Å². The summed E-state index contributed by atoms with van der Waals surface area (Å²) in [6.45, 7) is 0. The molecule has 0 N–H and O–H groups in total. The molecule has 0 bridgehead atoms. The predicted molar refractivity (Wildman–Crippen MR) is 77.5 cm³/mol. The maximum atomic E-state index is 5.34. The molecule has 0 aliphatic carbocycles. The van der Waals surface area contributed by atoms with Crippen molar-refractivity contribution in [2.24, 2.45) is 0 Å². The highest BCUT2D eigenvalue weighted by Gasteiger charge is 2.15. The summed E-state index contributed by atoms with van der Waals surface area (Å²) < 4.78 is 7.12. The highest BCUT2D eigenvalue weighted by atomic mass is 16.5. The number of methoxy groups -OCH3 is 1.